The zero-order valence-electron chi connectivity index (χ0n) is 11.4. The third-order valence-corrected chi connectivity index (χ3v) is 3.53. The molecule has 4 N–H and O–H groups in total. The maximum absolute atomic E-state index is 6.09. The number of benzene rings is 1. The van der Waals surface area contributed by atoms with Crippen LogP contribution >= 0.6 is 22.6 Å². The predicted molar refractivity (Wildman–Crippen MR) is 92.3 cm³/mol. The molecule has 1 aromatic carbocycles. The van der Waals surface area contributed by atoms with E-state index in [1.165, 1.54) is 9.90 Å². The lowest BCUT2D eigenvalue weighted by Gasteiger charge is -2.12. The standard InChI is InChI=1S/C14H18IN5/c1-2-3-8-17-13-12(16)14(19-9-18-13)20-11-6-4-10(15)5-7-11/h4-7,9H,2-3,8,16H2,1H3,(H2,17,18,19,20). The molecule has 0 aliphatic rings. The minimum absolute atomic E-state index is 0.544. The Morgan fingerprint density at radius 1 is 1.15 bits per heavy atom. The van der Waals surface area contributed by atoms with Gasteiger partial charge in [0, 0.05) is 15.8 Å². The zero-order chi connectivity index (χ0) is 14.4. The molecule has 0 aliphatic heterocycles. The zero-order valence-corrected chi connectivity index (χ0v) is 13.5. The van der Waals surface area contributed by atoms with Gasteiger partial charge >= 0.3 is 0 Å². The van der Waals surface area contributed by atoms with Crippen molar-refractivity contribution >= 4 is 45.6 Å². The van der Waals surface area contributed by atoms with Crippen molar-refractivity contribution in [2.24, 2.45) is 0 Å². The highest BCUT2D eigenvalue weighted by Gasteiger charge is 2.07. The van der Waals surface area contributed by atoms with Crippen molar-refractivity contribution in [3.8, 4) is 0 Å². The molecule has 0 aliphatic carbocycles. The van der Waals surface area contributed by atoms with Crippen LogP contribution in [0.15, 0.2) is 30.6 Å². The summed E-state index contributed by atoms with van der Waals surface area (Å²) in [5.74, 6) is 1.31. The molecule has 0 saturated heterocycles. The molecule has 1 heterocycles. The minimum atomic E-state index is 0.544. The van der Waals surface area contributed by atoms with Gasteiger partial charge in [0.1, 0.15) is 12.0 Å². The number of rotatable bonds is 6. The summed E-state index contributed by atoms with van der Waals surface area (Å²) in [6.07, 6.45) is 3.73. The van der Waals surface area contributed by atoms with E-state index in [1.807, 2.05) is 24.3 Å². The van der Waals surface area contributed by atoms with E-state index in [9.17, 15) is 0 Å². The molecule has 2 aromatic rings. The van der Waals surface area contributed by atoms with Gasteiger partial charge in [-0.1, -0.05) is 13.3 Å². The molecule has 1 aromatic heterocycles. The predicted octanol–water partition coefficient (Wildman–Crippen LogP) is 3.62. The van der Waals surface area contributed by atoms with Crippen molar-refractivity contribution in [3.63, 3.8) is 0 Å². The quantitative estimate of drug-likeness (QED) is 0.525. The molecule has 0 amide bonds. The number of anilines is 4. The first-order chi connectivity index (χ1) is 9.70. The molecule has 0 fully saturated rings. The monoisotopic (exact) mass is 383 g/mol. The minimum Gasteiger partial charge on any atom is -0.393 e. The van der Waals surface area contributed by atoms with Crippen molar-refractivity contribution < 1.29 is 0 Å². The highest BCUT2D eigenvalue weighted by Crippen LogP contribution is 2.25. The van der Waals surface area contributed by atoms with Crippen LogP contribution in [0, 0.1) is 3.57 Å². The fourth-order valence-electron chi connectivity index (χ4n) is 1.69. The summed E-state index contributed by atoms with van der Waals surface area (Å²) in [5, 5.41) is 6.44. The van der Waals surface area contributed by atoms with Crippen LogP contribution in [-0.2, 0) is 0 Å². The average molecular weight is 383 g/mol. The Labute approximate surface area is 132 Å². The van der Waals surface area contributed by atoms with Gasteiger partial charge in [0.2, 0.25) is 0 Å². The van der Waals surface area contributed by atoms with E-state index < -0.39 is 0 Å². The summed E-state index contributed by atoms with van der Waals surface area (Å²) in [4.78, 5) is 8.37. The number of hydrogen-bond acceptors (Lipinski definition) is 5. The van der Waals surface area contributed by atoms with Crippen molar-refractivity contribution in [1.82, 2.24) is 9.97 Å². The third-order valence-electron chi connectivity index (χ3n) is 2.81. The normalized spacial score (nSPS) is 10.3. The summed E-state index contributed by atoms with van der Waals surface area (Å²) in [6, 6.07) is 8.04. The molecule has 106 valence electrons. The summed E-state index contributed by atoms with van der Waals surface area (Å²) < 4.78 is 1.19. The molecular weight excluding hydrogens is 365 g/mol. The van der Waals surface area contributed by atoms with E-state index in [4.69, 9.17) is 5.73 Å². The lowest BCUT2D eigenvalue weighted by atomic mass is 10.3. The van der Waals surface area contributed by atoms with E-state index >= 15 is 0 Å². The molecule has 0 atom stereocenters. The second-order valence-corrected chi connectivity index (χ2v) is 5.64. The van der Waals surface area contributed by atoms with Gasteiger partial charge in [0.05, 0.1) is 0 Å². The molecular formula is C14H18IN5. The number of hydrogen-bond donors (Lipinski definition) is 3. The molecule has 0 spiro atoms. The number of unbranched alkanes of at least 4 members (excludes halogenated alkanes) is 1. The third kappa shape index (κ3) is 3.96. The maximum Gasteiger partial charge on any atom is 0.159 e. The highest BCUT2D eigenvalue weighted by atomic mass is 127. The van der Waals surface area contributed by atoms with Gasteiger partial charge < -0.3 is 16.4 Å². The van der Waals surface area contributed by atoms with Crippen LogP contribution in [0.5, 0.6) is 0 Å². The topological polar surface area (TPSA) is 75.9 Å². The molecule has 20 heavy (non-hydrogen) atoms. The van der Waals surface area contributed by atoms with Gasteiger partial charge in [-0.2, -0.15) is 0 Å². The second kappa shape index (κ2) is 7.28. The smallest absolute Gasteiger partial charge is 0.159 e. The Balaban J connectivity index is 2.11. The van der Waals surface area contributed by atoms with Crippen molar-refractivity contribution in [2.45, 2.75) is 19.8 Å². The first kappa shape index (κ1) is 14.8. The largest absolute Gasteiger partial charge is 0.393 e. The van der Waals surface area contributed by atoms with Gasteiger partial charge in [-0.05, 0) is 53.3 Å². The van der Waals surface area contributed by atoms with Crippen LogP contribution in [0.3, 0.4) is 0 Å². The molecule has 0 bridgehead atoms. The number of aromatic nitrogens is 2. The van der Waals surface area contributed by atoms with Crippen molar-refractivity contribution in [2.75, 3.05) is 22.9 Å². The fraction of sp³-hybridized carbons (Fsp3) is 0.286. The number of halogens is 1. The second-order valence-electron chi connectivity index (χ2n) is 4.40. The SMILES string of the molecule is CCCCNc1ncnc(Nc2ccc(I)cc2)c1N. The molecule has 0 unspecified atom stereocenters. The summed E-state index contributed by atoms with van der Waals surface area (Å²) in [6.45, 7) is 3.01. The van der Waals surface area contributed by atoms with E-state index in [0.717, 1.165) is 25.1 Å². The summed E-state index contributed by atoms with van der Waals surface area (Å²) in [7, 11) is 0. The summed E-state index contributed by atoms with van der Waals surface area (Å²) >= 11 is 2.27. The van der Waals surface area contributed by atoms with Crippen molar-refractivity contribution in [1.29, 1.82) is 0 Å². The molecule has 6 heteroatoms. The first-order valence-corrected chi connectivity index (χ1v) is 7.65. The van der Waals surface area contributed by atoms with Crippen LogP contribution < -0.4 is 16.4 Å². The average Bonchev–Trinajstić information content (AvgIpc) is 2.45. The highest BCUT2D eigenvalue weighted by molar-refractivity contribution is 14.1. The molecule has 0 saturated carbocycles. The van der Waals surface area contributed by atoms with E-state index in [2.05, 4.69) is 50.1 Å². The number of nitrogens with zero attached hydrogens (tertiary/aromatic N) is 2. The summed E-state index contributed by atoms with van der Waals surface area (Å²) in [5.41, 5.74) is 7.59. The van der Waals surface area contributed by atoms with E-state index in [1.54, 1.807) is 0 Å². The van der Waals surface area contributed by atoms with Gasteiger partial charge in [-0.15, -0.1) is 0 Å². The van der Waals surface area contributed by atoms with Crippen molar-refractivity contribution in [3.05, 3.63) is 34.2 Å². The van der Waals surface area contributed by atoms with Gasteiger partial charge in [-0.3, -0.25) is 0 Å². The number of nitrogen functional groups attached to an aromatic ring is 1. The Kier molecular flexibility index (Phi) is 5.40. The van der Waals surface area contributed by atoms with Gasteiger partial charge in [0.25, 0.3) is 0 Å². The van der Waals surface area contributed by atoms with Crippen LogP contribution in [-0.4, -0.2) is 16.5 Å². The maximum atomic E-state index is 6.09. The fourth-order valence-corrected chi connectivity index (χ4v) is 2.05. The Morgan fingerprint density at radius 3 is 2.55 bits per heavy atom. The Morgan fingerprint density at radius 2 is 1.85 bits per heavy atom. The Hall–Kier alpha value is -1.57. The lowest BCUT2D eigenvalue weighted by Crippen LogP contribution is -2.09. The van der Waals surface area contributed by atoms with Gasteiger partial charge in [0.15, 0.2) is 11.6 Å². The van der Waals surface area contributed by atoms with Crippen LogP contribution in [0.25, 0.3) is 0 Å². The number of nitrogens with one attached hydrogen (secondary N) is 2. The van der Waals surface area contributed by atoms with Crippen LogP contribution in [0.2, 0.25) is 0 Å². The molecule has 0 radical (unpaired) electrons. The van der Waals surface area contributed by atoms with Crippen LogP contribution in [0.4, 0.5) is 23.0 Å². The first-order valence-electron chi connectivity index (χ1n) is 6.57. The Bertz CT molecular complexity index is 556. The van der Waals surface area contributed by atoms with E-state index in [0.29, 0.717) is 17.3 Å². The molecule has 5 nitrogen and oxygen atoms in total. The lowest BCUT2D eigenvalue weighted by molar-refractivity contribution is 0.831. The van der Waals surface area contributed by atoms with Crippen LogP contribution in [0.1, 0.15) is 19.8 Å². The molecule has 2 rings (SSSR count). The van der Waals surface area contributed by atoms with E-state index in [-0.39, 0.29) is 0 Å². The number of nitrogens with two attached hydrogens (primary N) is 1. The van der Waals surface area contributed by atoms with Gasteiger partial charge in [-0.25, -0.2) is 9.97 Å².